The third-order valence-electron chi connectivity index (χ3n) is 5.37. The number of aromatic nitrogens is 2. The molecule has 0 radical (unpaired) electrons. The number of hydrazine groups is 1. The monoisotopic (exact) mass is 408 g/mol. The molecule has 148 valence electrons. The number of amides is 1. The van der Waals surface area contributed by atoms with E-state index < -0.39 is 0 Å². The molecule has 0 bridgehead atoms. The van der Waals surface area contributed by atoms with E-state index in [9.17, 15) is 10.1 Å². The van der Waals surface area contributed by atoms with Gasteiger partial charge in [-0.3, -0.25) is 15.2 Å². The van der Waals surface area contributed by atoms with Crippen molar-refractivity contribution in [1.82, 2.24) is 20.0 Å². The zero-order chi connectivity index (χ0) is 20.7. The molecule has 1 saturated heterocycles. The minimum absolute atomic E-state index is 0.0733. The van der Waals surface area contributed by atoms with Crippen molar-refractivity contribution in [2.24, 2.45) is 0 Å². The van der Waals surface area contributed by atoms with Gasteiger partial charge >= 0.3 is 0 Å². The number of nitriles is 1. The summed E-state index contributed by atoms with van der Waals surface area (Å²) in [6.45, 7) is 4.92. The van der Waals surface area contributed by atoms with Crippen LogP contribution in [0, 0.1) is 18.3 Å². The predicted molar refractivity (Wildman–Crippen MR) is 113 cm³/mol. The van der Waals surface area contributed by atoms with Gasteiger partial charge in [0.15, 0.2) is 0 Å². The number of hydrogen-bond acceptors (Lipinski definition) is 5. The molecule has 7 nitrogen and oxygen atoms in total. The number of nitrogens with zero attached hydrogens (tertiary/aromatic N) is 4. The topological polar surface area (TPSA) is 100.0 Å². The van der Waals surface area contributed by atoms with Gasteiger partial charge in [0, 0.05) is 60.5 Å². The number of fused-ring (bicyclic) bond motifs is 1. The molecule has 0 spiro atoms. The fourth-order valence-electron chi connectivity index (χ4n) is 3.98. The summed E-state index contributed by atoms with van der Waals surface area (Å²) in [5.74, 6) is -0.0733. The number of aryl methyl sites for hydroxylation is 1. The number of nitrogen functional groups attached to an aromatic ring is 1. The molecular weight excluding hydrogens is 388 g/mol. The number of hydrogen-bond donors (Lipinski definition) is 2. The molecule has 1 fully saturated rings. The van der Waals surface area contributed by atoms with Crippen LogP contribution in [0.4, 0.5) is 5.69 Å². The van der Waals surface area contributed by atoms with Gasteiger partial charge in [0.2, 0.25) is 5.91 Å². The van der Waals surface area contributed by atoms with E-state index in [0.717, 1.165) is 40.6 Å². The van der Waals surface area contributed by atoms with Crippen molar-refractivity contribution in [3.05, 3.63) is 46.9 Å². The highest BCUT2D eigenvalue weighted by Crippen LogP contribution is 2.39. The molecule has 1 atom stereocenters. The molecule has 3 N–H and O–H groups in total. The van der Waals surface area contributed by atoms with E-state index in [1.807, 2.05) is 24.1 Å². The summed E-state index contributed by atoms with van der Waals surface area (Å²) < 4.78 is 2.21. The summed E-state index contributed by atoms with van der Waals surface area (Å²) in [6, 6.07) is 6.37. The molecule has 1 aromatic carbocycles. The van der Waals surface area contributed by atoms with Gasteiger partial charge in [-0.2, -0.15) is 5.26 Å². The van der Waals surface area contributed by atoms with Crippen LogP contribution in [0.5, 0.6) is 0 Å². The second-order valence-electron chi connectivity index (χ2n) is 7.39. The highest BCUT2D eigenvalue weighted by molar-refractivity contribution is 6.36. The first-order chi connectivity index (χ1) is 13.9. The molecule has 3 heterocycles. The van der Waals surface area contributed by atoms with Crippen LogP contribution in [0.1, 0.15) is 30.5 Å². The Kier molecular flexibility index (Phi) is 4.91. The summed E-state index contributed by atoms with van der Waals surface area (Å²) in [7, 11) is 0. The SMILES string of the molecule is CC(=O)NN1CC[C@@H](n2cc(-c3cncc(N)c3Cl)c3cc(C#N)c(C)cc32)C1. The summed E-state index contributed by atoms with van der Waals surface area (Å²) in [5.41, 5.74) is 13.4. The molecule has 2 aromatic heterocycles. The summed E-state index contributed by atoms with van der Waals surface area (Å²) in [6.07, 6.45) is 6.17. The van der Waals surface area contributed by atoms with Crippen molar-refractivity contribution < 1.29 is 4.79 Å². The van der Waals surface area contributed by atoms with E-state index >= 15 is 0 Å². The zero-order valence-electron chi connectivity index (χ0n) is 16.2. The molecule has 1 aliphatic rings. The maximum Gasteiger partial charge on any atom is 0.231 e. The van der Waals surface area contributed by atoms with Crippen LogP contribution in [0.15, 0.2) is 30.7 Å². The smallest absolute Gasteiger partial charge is 0.231 e. The molecule has 8 heteroatoms. The Balaban J connectivity index is 1.88. The Labute approximate surface area is 173 Å². The van der Waals surface area contributed by atoms with Gasteiger partial charge in [0.05, 0.1) is 28.5 Å². The second kappa shape index (κ2) is 7.39. The molecule has 4 rings (SSSR count). The van der Waals surface area contributed by atoms with Gasteiger partial charge in [0.25, 0.3) is 0 Å². The summed E-state index contributed by atoms with van der Waals surface area (Å²) >= 11 is 6.49. The van der Waals surface area contributed by atoms with E-state index in [-0.39, 0.29) is 11.9 Å². The molecule has 0 unspecified atom stereocenters. The Morgan fingerprint density at radius 3 is 2.90 bits per heavy atom. The van der Waals surface area contributed by atoms with Crippen LogP contribution in [0.2, 0.25) is 5.02 Å². The van der Waals surface area contributed by atoms with Crippen molar-refractivity contribution in [2.75, 3.05) is 18.8 Å². The number of carbonyl (C=O) groups is 1. The van der Waals surface area contributed by atoms with E-state index in [0.29, 0.717) is 22.8 Å². The number of benzene rings is 1. The number of nitrogens with two attached hydrogens (primary N) is 1. The van der Waals surface area contributed by atoms with Crippen molar-refractivity contribution in [3.8, 4) is 17.2 Å². The summed E-state index contributed by atoms with van der Waals surface area (Å²) in [5, 5.41) is 12.8. The minimum atomic E-state index is -0.0733. The Morgan fingerprint density at radius 1 is 1.38 bits per heavy atom. The van der Waals surface area contributed by atoms with Crippen molar-refractivity contribution in [3.63, 3.8) is 0 Å². The number of pyridine rings is 1. The normalized spacial score (nSPS) is 16.8. The lowest BCUT2D eigenvalue weighted by atomic mass is 10.0. The predicted octanol–water partition coefficient (Wildman–Crippen LogP) is 3.42. The van der Waals surface area contributed by atoms with Crippen LogP contribution < -0.4 is 11.2 Å². The molecular formula is C21H21ClN6O. The number of carbonyl (C=O) groups excluding carboxylic acids is 1. The lowest BCUT2D eigenvalue weighted by Gasteiger charge is -2.17. The first-order valence-electron chi connectivity index (χ1n) is 9.36. The lowest BCUT2D eigenvalue weighted by Crippen LogP contribution is -2.39. The van der Waals surface area contributed by atoms with E-state index in [2.05, 4.69) is 27.2 Å². The third kappa shape index (κ3) is 3.41. The maximum absolute atomic E-state index is 11.4. The Hall–Kier alpha value is -3.08. The summed E-state index contributed by atoms with van der Waals surface area (Å²) in [4.78, 5) is 15.6. The van der Waals surface area contributed by atoms with Gasteiger partial charge in [-0.05, 0) is 31.0 Å². The van der Waals surface area contributed by atoms with Gasteiger partial charge in [-0.25, -0.2) is 5.01 Å². The molecule has 0 saturated carbocycles. The Morgan fingerprint density at radius 2 is 2.17 bits per heavy atom. The molecule has 29 heavy (non-hydrogen) atoms. The molecule has 3 aromatic rings. The number of rotatable bonds is 3. The first-order valence-corrected chi connectivity index (χ1v) is 9.73. The van der Waals surface area contributed by atoms with Gasteiger partial charge in [-0.1, -0.05) is 11.6 Å². The van der Waals surface area contributed by atoms with Crippen LogP contribution in [0.3, 0.4) is 0 Å². The molecule has 1 amide bonds. The first kappa shape index (κ1) is 19.2. The second-order valence-corrected chi connectivity index (χ2v) is 7.77. The standard InChI is InChI=1S/C21H21ClN6O/c1-12-5-20-16(6-14(12)7-23)18(17-8-25-9-19(24)21(17)22)11-28(20)15-3-4-27(10-15)26-13(2)29/h5-6,8-9,11,15H,3-4,10,24H2,1-2H3,(H,26,29)/t15-/m1/s1. The average Bonchev–Trinajstić information content (AvgIpc) is 3.27. The van der Waals surface area contributed by atoms with Crippen LogP contribution in [-0.4, -0.2) is 33.6 Å². The van der Waals surface area contributed by atoms with Crippen LogP contribution in [-0.2, 0) is 4.79 Å². The van der Waals surface area contributed by atoms with Gasteiger partial charge in [-0.15, -0.1) is 0 Å². The van der Waals surface area contributed by atoms with Gasteiger partial charge in [0.1, 0.15) is 0 Å². The number of anilines is 1. The quantitative estimate of drug-likeness (QED) is 0.691. The third-order valence-corrected chi connectivity index (χ3v) is 5.79. The average molecular weight is 409 g/mol. The van der Waals surface area contributed by atoms with E-state index in [4.69, 9.17) is 17.3 Å². The van der Waals surface area contributed by atoms with Crippen molar-refractivity contribution in [1.29, 1.82) is 5.26 Å². The minimum Gasteiger partial charge on any atom is -0.396 e. The maximum atomic E-state index is 11.4. The zero-order valence-corrected chi connectivity index (χ0v) is 17.0. The van der Waals surface area contributed by atoms with E-state index in [1.165, 1.54) is 13.1 Å². The highest BCUT2D eigenvalue weighted by atomic mass is 35.5. The van der Waals surface area contributed by atoms with E-state index in [1.54, 1.807) is 6.20 Å². The van der Waals surface area contributed by atoms with Crippen molar-refractivity contribution >= 4 is 34.1 Å². The largest absolute Gasteiger partial charge is 0.396 e. The fraction of sp³-hybridized carbons (Fsp3) is 0.286. The van der Waals surface area contributed by atoms with Crippen molar-refractivity contribution in [2.45, 2.75) is 26.3 Å². The number of halogens is 1. The lowest BCUT2D eigenvalue weighted by molar-refractivity contribution is -0.123. The van der Waals surface area contributed by atoms with Crippen LogP contribution in [0.25, 0.3) is 22.0 Å². The Bertz CT molecular complexity index is 1160. The highest BCUT2D eigenvalue weighted by Gasteiger charge is 2.27. The molecule has 1 aliphatic heterocycles. The fourth-order valence-corrected chi connectivity index (χ4v) is 4.18. The molecule has 0 aliphatic carbocycles. The van der Waals surface area contributed by atoms with Crippen LogP contribution >= 0.6 is 11.6 Å². The number of nitrogens with one attached hydrogen (secondary N) is 1. The van der Waals surface area contributed by atoms with Gasteiger partial charge < -0.3 is 10.3 Å².